The van der Waals surface area contributed by atoms with Crippen LogP contribution in [0.15, 0.2) is 10.3 Å². The van der Waals surface area contributed by atoms with E-state index < -0.39 is 10.0 Å². The lowest BCUT2D eigenvalue weighted by molar-refractivity contribution is 0.407. The van der Waals surface area contributed by atoms with Gasteiger partial charge in [0.2, 0.25) is 0 Å². The van der Waals surface area contributed by atoms with Crippen molar-refractivity contribution in [2.45, 2.75) is 44.0 Å². The van der Waals surface area contributed by atoms with Crippen LogP contribution >= 0.6 is 11.3 Å². The van der Waals surface area contributed by atoms with Crippen LogP contribution in [0.3, 0.4) is 0 Å². The number of aryl methyl sites for hydroxylation is 1. The summed E-state index contributed by atoms with van der Waals surface area (Å²) in [6.45, 7) is 7.44. The van der Waals surface area contributed by atoms with Crippen molar-refractivity contribution < 1.29 is 8.42 Å². The van der Waals surface area contributed by atoms with Gasteiger partial charge < -0.3 is 5.32 Å². The normalized spacial score (nSPS) is 25.1. The fraction of sp³-hybridized carbons (Fsp3) is 0.692. The summed E-state index contributed by atoms with van der Waals surface area (Å²) in [5, 5.41) is 3.08. The number of nitrogens with one attached hydrogen (secondary N) is 1. The van der Waals surface area contributed by atoms with E-state index in [1.54, 1.807) is 4.31 Å². The first kappa shape index (κ1) is 15.0. The molecule has 6 heteroatoms. The van der Waals surface area contributed by atoms with Crippen molar-refractivity contribution in [2.24, 2.45) is 5.92 Å². The molecule has 0 radical (unpaired) electrons. The molecule has 108 valence electrons. The van der Waals surface area contributed by atoms with Gasteiger partial charge in [-0.15, -0.1) is 11.3 Å². The lowest BCUT2D eigenvalue weighted by Crippen LogP contribution is -2.33. The molecule has 4 nitrogen and oxygen atoms in total. The average Bonchev–Trinajstić information content (AvgIpc) is 2.84. The standard InChI is InChI=1S/C13H22N2O2S2/c1-9-5-11(3)15(8-9)19(16,17)13-6-10(2)12(18-13)7-14-4/h6,9,11,14H,5,7-8H2,1-4H3. The molecule has 1 aromatic rings. The Morgan fingerprint density at radius 1 is 1.47 bits per heavy atom. The van der Waals surface area contributed by atoms with Gasteiger partial charge in [0.1, 0.15) is 4.21 Å². The first-order chi connectivity index (χ1) is 8.86. The number of hydrogen-bond donors (Lipinski definition) is 1. The SMILES string of the molecule is CNCc1sc(S(=O)(=O)N2CC(C)CC2C)cc1C. The second-order valence-corrected chi connectivity index (χ2v) is 8.72. The molecule has 1 saturated heterocycles. The van der Waals surface area contributed by atoms with Crippen molar-refractivity contribution in [1.29, 1.82) is 0 Å². The highest BCUT2D eigenvalue weighted by atomic mass is 32.2. The molecule has 0 amide bonds. The number of hydrogen-bond acceptors (Lipinski definition) is 4. The van der Waals surface area contributed by atoms with E-state index in [2.05, 4.69) is 12.2 Å². The van der Waals surface area contributed by atoms with Crippen molar-refractivity contribution in [2.75, 3.05) is 13.6 Å². The highest BCUT2D eigenvalue weighted by Crippen LogP contribution is 2.33. The molecule has 19 heavy (non-hydrogen) atoms. The van der Waals surface area contributed by atoms with Crippen LogP contribution in [0.4, 0.5) is 0 Å². The molecular weight excluding hydrogens is 280 g/mol. The molecule has 1 N–H and O–H groups in total. The van der Waals surface area contributed by atoms with Crippen LogP contribution in [0.1, 0.15) is 30.7 Å². The zero-order chi connectivity index (χ0) is 14.2. The van der Waals surface area contributed by atoms with E-state index in [9.17, 15) is 8.42 Å². The van der Waals surface area contributed by atoms with Gasteiger partial charge >= 0.3 is 0 Å². The monoisotopic (exact) mass is 302 g/mol. The van der Waals surface area contributed by atoms with Crippen LogP contribution in [-0.4, -0.2) is 32.4 Å². The van der Waals surface area contributed by atoms with Crippen LogP contribution in [0.2, 0.25) is 0 Å². The Kier molecular flexibility index (Phi) is 4.35. The van der Waals surface area contributed by atoms with Crippen LogP contribution in [-0.2, 0) is 16.6 Å². The molecule has 0 bridgehead atoms. The molecule has 0 spiro atoms. The van der Waals surface area contributed by atoms with Gasteiger partial charge in [-0.25, -0.2) is 8.42 Å². The Hall–Kier alpha value is -0.430. The summed E-state index contributed by atoms with van der Waals surface area (Å²) in [7, 11) is -1.44. The van der Waals surface area contributed by atoms with Crippen molar-refractivity contribution in [3.63, 3.8) is 0 Å². The van der Waals surface area contributed by atoms with Crippen LogP contribution in [0, 0.1) is 12.8 Å². The maximum atomic E-state index is 12.7. The van der Waals surface area contributed by atoms with Gasteiger partial charge in [-0.05, 0) is 44.9 Å². The van der Waals surface area contributed by atoms with Crippen molar-refractivity contribution >= 4 is 21.4 Å². The first-order valence-electron chi connectivity index (χ1n) is 6.62. The maximum Gasteiger partial charge on any atom is 0.252 e. The topological polar surface area (TPSA) is 49.4 Å². The van der Waals surface area contributed by atoms with Crippen molar-refractivity contribution in [1.82, 2.24) is 9.62 Å². The summed E-state index contributed by atoms with van der Waals surface area (Å²) in [6.07, 6.45) is 0.951. The molecular formula is C13H22N2O2S2. The zero-order valence-corrected chi connectivity index (χ0v) is 13.6. The molecule has 0 aliphatic carbocycles. The quantitative estimate of drug-likeness (QED) is 0.927. The van der Waals surface area contributed by atoms with E-state index in [0.717, 1.165) is 23.4 Å². The predicted octanol–water partition coefficient (Wildman–Crippen LogP) is 2.19. The lowest BCUT2D eigenvalue weighted by atomic mass is 10.1. The van der Waals surface area contributed by atoms with E-state index in [0.29, 0.717) is 16.7 Å². The summed E-state index contributed by atoms with van der Waals surface area (Å²) in [5.74, 6) is 0.447. The van der Waals surface area contributed by atoms with E-state index >= 15 is 0 Å². The van der Waals surface area contributed by atoms with Gasteiger partial charge in [0.05, 0.1) is 0 Å². The summed E-state index contributed by atoms with van der Waals surface area (Å²) >= 11 is 1.39. The number of rotatable bonds is 4. The summed E-state index contributed by atoms with van der Waals surface area (Å²) in [4.78, 5) is 1.10. The first-order valence-corrected chi connectivity index (χ1v) is 8.87. The predicted molar refractivity (Wildman–Crippen MR) is 79.0 cm³/mol. The minimum atomic E-state index is -3.32. The minimum Gasteiger partial charge on any atom is -0.315 e. The largest absolute Gasteiger partial charge is 0.315 e. The molecule has 1 aromatic heterocycles. The van der Waals surface area contributed by atoms with E-state index in [4.69, 9.17) is 0 Å². The Morgan fingerprint density at radius 2 is 2.16 bits per heavy atom. The molecule has 2 unspecified atom stereocenters. The molecule has 0 aromatic carbocycles. The van der Waals surface area contributed by atoms with Crippen LogP contribution < -0.4 is 5.32 Å². The Bertz CT molecular complexity index is 551. The molecule has 1 fully saturated rings. The summed E-state index contributed by atoms with van der Waals surface area (Å²) in [5.41, 5.74) is 1.05. The Morgan fingerprint density at radius 3 is 2.68 bits per heavy atom. The smallest absolute Gasteiger partial charge is 0.252 e. The number of sulfonamides is 1. The Labute approximate surface area is 119 Å². The van der Waals surface area contributed by atoms with Gasteiger partial charge in [-0.3, -0.25) is 0 Å². The third kappa shape index (κ3) is 2.86. The van der Waals surface area contributed by atoms with Gasteiger partial charge in [0.15, 0.2) is 0 Å². The third-order valence-electron chi connectivity index (χ3n) is 3.62. The second kappa shape index (κ2) is 5.52. The minimum absolute atomic E-state index is 0.107. The van der Waals surface area contributed by atoms with Crippen molar-refractivity contribution in [3.05, 3.63) is 16.5 Å². The highest BCUT2D eigenvalue weighted by molar-refractivity contribution is 7.91. The van der Waals surface area contributed by atoms with Gasteiger partial charge in [-0.1, -0.05) is 6.92 Å². The second-order valence-electron chi connectivity index (χ2n) is 5.47. The molecule has 2 rings (SSSR count). The van der Waals surface area contributed by atoms with Gasteiger partial charge in [0, 0.05) is 24.0 Å². The van der Waals surface area contributed by atoms with E-state index in [-0.39, 0.29) is 6.04 Å². The van der Waals surface area contributed by atoms with Gasteiger partial charge in [-0.2, -0.15) is 4.31 Å². The van der Waals surface area contributed by atoms with E-state index in [1.165, 1.54) is 11.3 Å². The molecule has 1 aliphatic heterocycles. The fourth-order valence-electron chi connectivity index (χ4n) is 2.66. The Balaban J connectivity index is 2.32. The molecule has 2 atom stereocenters. The average molecular weight is 302 g/mol. The zero-order valence-electron chi connectivity index (χ0n) is 11.9. The molecule has 0 saturated carbocycles. The van der Waals surface area contributed by atoms with Crippen LogP contribution in [0.25, 0.3) is 0 Å². The molecule has 2 heterocycles. The summed E-state index contributed by atoms with van der Waals surface area (Å²) in [6, 6.07) is 1.91. The number of nitrogens with zero attached hydrogens (tertiary/aromatic N) is 1. The highest BCUT2D eigenvalue weighted by Gasteiger charge is 2.37. The lowest BCUT2D eigenvalue weighted by Gasteiger charge is -2.19. The van der Waals surface area contributed by atoms with Gasteiger partial charge in [0.25, 0.3) is 10.0 Å². The van der Waals surface area contributed by atoms with Crippen LogP contribution in [0.5, 0.6) is 0 Å². The van der Waals surface area contributed by atoms with Crippen molar-refractivity contribution in [3.8, 4) is 0 Å². The number of thiophene rings is 1. The summed E-state index contributed by atoms with van der Waals surface area (Å²) < 4.78 is 27.5. The molecule has 1 aliphatic rings. The fourth-order valence-corrected chi connectivity index (χ4v) is 6.16. The maximum absolute atomic E-state index is 12.7. The third-order valence-corrected chi connectivity index (χ3v) is 7.29. The van der Waals surface area contributed by atoms with E-state index in [1.807, 2.05) is 27.0 Å².